The van der Waals surface area contributed by atoms with Crippen molar-refractivity contribution in [2.75, 3.05) is 31.4 Å². The molecule has 0 unspecified atom stereocenters. The van der Waals surface area contributed by atoms with Gasteiger partial charge in [-0.1, -0.05) is 37.1 Å². The third kappa shape index (κ3) is 6.26. The Hall–Kier alpha value is -2.58. The normalized spacial score (nSPS) is 14.7. The lowest BCUT2D eigenvalue weighted by Gasteiger charge is -2.33. The van der Waals surface area contributed by atoms with E-state index >= 15 is 0 Å². The van der Waals surface area contributed by atoms with Crippen LogP contribution in [0.5, 0.6) is 0 Å². The predicted molar refractivity (Wildman–Crippen MR) is 130 cm³/mol. The summed E-state index contributed by atoms with van der Waals surface area (Å²) >= 11 is 5.85. The first-order chi connectivity index (χ1) is 15.7. The summed E-state index contributed by atoms with van der Waals surface area (Å²) in [6, 6.07) is 12.4. The van der Waals surface area contributed by atoms with Crippen molar-refractivity contribution >= 4 is 39.1 Å². The van der Waals surface area contributed by atoms with Gasteiger partial charge in [0.15, 0.2) is 0 Å². The van der Waals surface area contributed by atoms with E-state index in [1.807, 2.05) is 7.05 Å². The minimum atomic E-state index is -3.88. The summed E-state index contributed by atoms with van der Waals surface area (Å²) < 4.78 is 28.1. The van der Waals surface area contributed by atoms with Crippen molar-refractivity contribution in [3.05, 3.63) is 59.1 Å². The van der Waals surface area contributed by atoms with Crippen molar-refractivity contribution in [1.82, 2.24) is 9.80 Å². The Morgan fingerprint density at radius 2 is 1.73 bits per heavy atom. The lowest BCUT2D eigenvalue weighted by atomic mass is 9.94. The number of sulfonamides is 1. The molecule has 33 heavy (non-hydrogen) atoms. The molecule has 0 spiro atoms. The molecule has 1 saturated heterocycles. The number of likely N-dealkylation sites (tertiary alicyclic amines) is 1. The molecular weight excluding hydrogens is 462 g/mol. The molecule has 2 aromatic rings. The zero-order valence-electron chi connectivity index (χ0n) is 19.0. The van der Waals surface area contributed by atoms with Crippen molar-refractivity contribution in [3.8, 4) is 0 Å². The molecule has 1 fully saturated rings. The molecule has 0 aliphatic carbocycles. The van der Waals surface area contributed by atoms with Gasteiger partial charge in [0.25, 0.3) is 15.9 Å². The average molecular weight is 492 g/mol. The Bertz CT molecular complexity index is 1080. The zero-order valence-corrected chi connectivity index (χ0v) is 20.5. The molecule has 1 aliphatic rings. The summed E-state index contributed by atoms with van der Waals surface area (Å²) in [4.78, 5) is 29.4. The van der Waals surface area contributed by atoms with Crippen molar-refractivity contribution in [3.63, 3.8) is 0 Å². The summed E-state index contributed by atoms with van der Waals surface area (Å²) in [6.45, 7) is 3.75. The van der Waals surface area contributed by atoms with Crippen LogP contribution in [0.2, 0.25) is 5.02 Å². The molecule has 1 aliphatic heterocycles. The summed E-state index contributed by atoms with van der Waals surface area (Å²) in [5, 5.41) is 0.433. The van der Waals surface area contributed by atoms with Gasteiger partial charge in [-0.2, -0.15) is 0 Å². The van der Waals surface area contributed by atoms with E-state index in [9.17, 15) is 18.0 Å². The second kappa shape index (κ2) is 11.0. The standard InChI is InChI=1S/C24H30ClN3O4S/c1-3-4-15-27(2)23(29)18-13-16-28(17-14-18)24(30)21-7-5-6-8-22(21)26-33(31,32)20-11-9-19(25)10-12-20/h5-12,18,26H,3-4,13-17H2,1-2H3. The van der Waals surface area contributed by atoms with Crippen LogP contribution in [0.3, 0.4) is 0 Å². The van der Waals surface area contributed by atoms with Gasteiger partial charge in [0, 0.05) is 37.6 Å². The van der Waals surface area contributed by atoms with Crippen molar-refractivity contribution in [2.24, 2.45) is 5.92 Å². The smallest absolute Gasteiger partial charge is 0.261 e. The molecule has 0 aromatic heterocycles. The van der Waals surface area contributed by atoms with E-state index in [1.54, 1.807) is 34.1 Å². The van der Waals surface area contributed by atoms with Crippen LogP contribution in [0.15, 0.2) is 53.4 Å². The summed E-state index contributed by atoms with van der Waals surface area (Å²) in [5.41, 5.74) is 0.495. The maximum atomic E-state index is 13.2. The van der Waals surface area contributed by atoms with Crippen LogP contribution in [0.25, 0.3) is 0 Å². The number of hydrogen-bond donors (Lipinski definition) is 1. The molecule has 7 nitrogen and oxygen atoms in total. The molecule has 0 saturated carbocycles. The second-order valence-electron chi connectivity index (χ2n) is 8.28. The number of carbonyl (C=O) groups excluding carboxylic acids is 2. The van der Waals surface area contributed by atoms with Crippen LogP contribution >= 0.6 is 11.6 Å². The topological polar surface area (TPSA) is 86.8 Å². The SMILES string of the molecule is CCCCN(C)C(=O)C1CCN(C(=O)c2ccccc2NS(=O)(=O)c2ccc(Cl)cc2)CC1. The zero-order chi connectivity index (χ0) is 24.0. The van der Waals surface area contributed by atoms with Gasteiger partial charge in [-0.05, 0) is 55.7 Å². The van der Waals surface area contributed by atoms with Gasteiger partial charge in [-0.15, -0.1) is 0 Å². The first-order valence-electron chi connectivity index (χ1n) is 11.1. The number of hydrogen-bond acceptors (Lipinski definition) is 4. The number of carbonyl (C=O) groups is 2. The Kier molecular flexibility index (Phi) is 8.37. The Labute approximate surface area is 200 Å². The highest BCUT2D eigenvalue weighted by Crippen LogP contribution is 2.26. The first-order valence-corrected chi connectivity index (χ1v) is 13.0. The number of unbranched alkanes of at least 4 members (excludes halogenated alkanes) is 1. The number of piperidine rings is 1. The highest BCUT2D eigenvalue weighted by Gasteiger charge is 2.30. The summed E-state index contributed by atoms with van der Waals surface area (Å²) in [6.07, 6.45) is 3.20. The lowest BCUT2D eigenvalue weighted by molar-refractivity contribution is -0.135. The van der Waals surface area contributed by atoms with E-state index < -0.39 is 10.0 Å². The van der Waals surface area contributed by atoms with E-state index in [0.29, 0.717) is 31.0 Å². The Morgan fingerprint density at radius 1 is 1.09 bits per heavy atom. The van der Waals surface area contributed by atoms with Gasteiger partial charge in [0.1, 0.15) is 0 Å². The first kappa shape index (κ1) is 25.1. The number of anilines is 1. The number of para-hydroxylation sites is 1. The number of benzene rings is 2. The van der Waals surface area contributed by atoms with Crippen LogP contribution in [0.4, 0.5) is 5.69 Å². The number of rotatable bonds is 8. The fraction of sp³-hybridized carbons (Fsp3) is 0.417. The van der Waals surface area contributed by atoms with Crippen LogP contribution in [0, 0.1) is 5.92 Å². The van der Waals surface area contributed by atoms with Gasteiger partial charge in [-0.25, -0.2) is 8.42 Å². The minimum Gasteiger partial charge on any atom is -0.346 e. The van der Waals surface area contributed by atoms with Crippen LogP contribution in [-0.2, 0) is 14.8 Å². The molecule has 2 amide bonds. The summed E-state index contributed by atoms with van der Waals surface area (Å²) in [5.74, 6) is -0.212. The van der Waals surface area contributed by atoms with E-state index in [-0.39, 0.29) is 33.9 Å². The van der Waals surface area contributed by atoms with Gasteiger partial charge in [0.05, 0.1) is 16.1 Å². The molecule has 2 aromatic carbocycles. The van der Waals surface area contributed by atoms with Crippen molar-refractivity contribution in [2.45, 2.75) is 37.5 Å². The largest absolute Gasteiger partial charge is 0.346 e. The van der Waals surface area contributed by atoms with Gasteiger partial charge in [-0.3, -0.25) is 14.3 Å². The molecule has 0 atom stereocenters. The van der Waals surface area contributed by atoms with Crippen LogP contribution in [0.1, 0.15) is 43.0 Å². The van der Waals surface area contributed by atoms with E-state index in [2.05, 4.69) is 11.6 Å². The van der Waals surface area contributed by atoms with Gasteiger partial charge in [0.2, 0.25) is 5.91 Å². The van der Waals surface area contributed by atoms with E-state index in [4.69, 9.17) is 11.6 Å². The quantitative estimate of drug-likeness (QED) is 0.598. The van der Waals surface area contributed by atoms with Crippen molar-refractivity contribution in [1.29, 1.82) is 0 Å². The van der Waals surface area contributed by atoms with Gasteiger partial charge < -0.3 is 9.80 Å². The molecule has 3 rings (SSSR count). The molecule has 1 heterocycles. The van der Waals surface area contributed by atoms with Crippen LogP contribution < -0.4 is 4.72 Å². The lowest BCUT2D eigenvalue weighted by Crippen LogP contribution is -2.43. The fourth-order valence-corrected chi connectivity index (χ4v) is 5.10. The predicted octanol–water partition coefficient (Wildman–Crippen LogP) is 4.25. The van der Waals surface area contributed by atoms with E-state index in [1.165, 1.54) is 24.3 Å². The maximum absolute atomic E-state index is 13.2. The maximum Gasteiger partial charge on any atom is 0.261 e. The highest BCUT2D eigenvalue weighted by atomic mass is 35.5. The van der Waals surface area contributed by atoms with E-state index in [0.717, 1.165) is 19.4 Å². The molecule has 178 valence electrons. The number of halogens is 1. The van der Waals surface area contributed by atoms with Crippen molar-refractivity contribution < 1.29 is 18.0 Å². The van der Waals surface area contributed by atoms with Gasteiger partial charge >= 0.3 is 0 Å². The molecular formula is C24H30ClN3O4S. The monoisotopic (exact) mass is 491 g/mol. The number of nitrogens with one attached hydrogen (secondary N) is 1. The Morgan fingerprint density at radius 3 is 2.36 bits per heavy atom. The fourth-order valence-electron chi connectivity index (χ4n) is 3.89. The number of amides is 2. The third-order valence-electron chi connectivity index (χ3n) is 5.88. The summed E-state index contributed by atoms with van der Waals surface area (Å²) in [7, 11) is -2.05. The number of nitrogens with zero attached hydrogens (tertiary/aromatic N) is 2. The average Bonchev–Trinajstić information content (AvgIpc) is 2.82. The third-order valence-corrected chi connectivity index (χ3v) is 7.51. The molecule has 1 N–H and O–H groups in total. The minimum absolute atomic E-state index is 0.0562. The Balaban J connectivity index is 1.68. The molecule has 0 radical (unpaired) electrons. The molecule has 0 bridgehead atoms. The highest BCUT2D eigenvalue weighted by molar-refractivity contribution is 7.92. The van der Waals surface area contributed by atoms with Crippen LogP contribution in [-0.4, -0.2) is 56.7 Å². The second-order valence-corrected chi connectivity index (χ2v) is 10.4. The molecule has 9 heteroatoms.